The maximum absolute atomic E-state index is 14.4. The number of hydrogen-bond acceptors (Lipinski definition) is 12. The Morgan fingerprint density at radius 2 is 1.84 bits per heavy atom. The van der Waals surface area contributed by atoms with Gasteiger partial charge in [0.15, 0.2) is 11.5 Å². The number of amides is 1. The molecule has 3 aromatic rings. The summed E-state index contributed by atoms with van der Waals surface area (Å²) in [6, 6.07) is 5.40. The third-order valence-corrected chi connectivity index (χ3v) is 10.6. The van der Waals surface area contributed by atoms with Crippen molar-refractivity contribution in [2.24, 2.45) is 5.92 Å². The number of anilines is 2. The summed E-state index contributed by atoms with van der Waals surface area (Å²) in [6.07, 6.45) is 3.48. The highest BCUT2D eigenvalue weighted by Crippen LogP contribution is 2.49. The molecule has 0 bridgehead atoms. The Kier molecular flexibility index (Phi) is 9.83. The molecule has 268 valence electrons. The molecule has 1 aromatic carbocycles. The molecule has 0 aliphatic carbocycles. The molecule has 2 saturated heterocycles. The van der Waals surface area contributed by atoms with Gasteiger partial charge in [0.1, 0.15) is 39.7 Å². The van der Waals surface area contributed by atoms with Crippen LogP contribution in [0.1, 0.15) is 76.5 Å². The minimum Gasteiger partial charge on any atom is -0.484 e. The second-order valence-electron chi connectivity index (χ2n) is 14.3. The van der Waals surface area contributed by atoms with Crippen molar-refractivity contribution in [3.8, 4) is 5.75 Å². The molecule has 12 nitrogen and oxygen atoms in total. The van der Waals surface area contributed by atoms with Gasteiger partial charge < -0.3 is 34.4 Å². The van der Waals surface area contributed by atoms with Crippen LogP contribution < -0.4 is 19.9 Å². The van der Waals surface area contributed by atoms with Crippen molar-refractivity contribution in [3.05, 3.63) is 58.8 Å². The van der Waals surface area contributed by atoms with Crippen LogP contribution in [-0.4, -0.2) is 81.7 Å². The highest BCUT2D eigenvalue weighted by molar-refractivity contribution is 7.99. The van der Waals surface area contributed by atoms with Gasteiger partial charge in [-0.05, 0) is 65.8 Å². The van der Waals surface area contributed by atoms with Crippen LogP contribution in [0.25, 0.3) is 0 Å². The predicted molar refractivity (Wildman–Crippen MR) is 187 cm³/mol. The molecule has 1 amide bonds. The van der Waals surface area contributed by atoms with Crippen molar-refractivity contribution in [1.29, 1.82) is 0 Å². The van der Waals surface area contributed by atoms with Crippen LogP contribution >= 0.6 is 23.4 Å². The van der Waals surface area contributed by atoms with Crippen LogP contribution in [0.3, 0.4) is 0 Å². The lowest BCUT2D eigenvalue weighted by Gasteiger charge is -2.46. The number of carbonyl (C=O) groups is 2. The number of hydrogen-bond donors (Lipinski definition) is 2. The van der Waals surface area contributed by atoms with Gasteiger partial charge in [-0.3, -0.25) is 0 Å². The van der Waals surface area contributed by atoms with Crippen molar-refractivity contribution in [2.45, 2.75) is 87.2 Å². The molecule has 2 fully saturated rings. The lowest BCUT2D eigenvalue weighted by molar-refractivity contribution is 0.00436. The number of esters is 1. The number of fused-ring (bicyclic) bond motifs is 1. The van der Waals surface area contributed by atoms with E-state index in [2.05, 4.69) is 15.3 Å². The average Bonchev–Trinajstić information content (AvgIpc) is 3.28. The van der Waals surface area contributed by atoms with E-state index in [-0.39, 0.29) is 18.2 Å². The van der Waals surface area contributed by atoms with E-state index in [0.29, 0.717) is 76.9 Å². The fourth-order valence-electron chi connectivity index (χ4n) is 6.43. The van der Waals surface area contributed by atoms with Crippen LogP contribution in [0.2, 0.25) is 5.02 Å². The molecule has 0 radical (unpaired) electrons. The third kappa shape index (κ3) is 7.42. The minimum absolute atomic E-state index is 0.0649. The molecule has 0 unspecified atom stereocenters. The first-order valence-electron chi connectivity index (χ1n) is 16.6. The molecule has 1 atom stereocenters. The van der Waals surface area contributed by atoms with Crippen molar-refractivity contribution in [1.82, 2.24) is 20.3 Å². The summed E-state index contributed by atoms with van der Waals surface area (Å²) >= 11 is 8.07. The summed E-state index contributed by atoms with van der Waals surface area (Å²) in [5, 5.41) is 14.2. The van der Waals surface area contributed by atoms with E-state index in [1.54, 1.807) is 66.1 Å². The largest absolute Gasteiger partial charge is 0.484 e. The van der Waals surface area contributed by atoms with E-state index in [0.717, 1.165) is 0 Å². The first-order valence-corrected chi connectivity index (χ1v) is 17.8. The van der Waals surface area contributed by atoms with Gasteiger partial charge in [0.05, 0.1) is 23.4 Å². The molecule has 6 rings (SSSR count). The van der Waals surface area contributed by atoms with E-state index >= 15 is 0 Å². The summed E-state index contributed by atoms with van der Waals surface area (Å²) < 4.78 is 31.8. The summed E-state index contributed by atoms with van der Waals surface area (Å²) in [5.74, 6) is 0.543. The van der Waals surface area contributed by atoms with E-state index in [4.69, 9.17) is 30.8 Å². The van der Waals surface area contributed by atoms with Crippen molar-refractivity contribution in [2.75, 3.05) is 42.6 Å². The highest BCUT2D eigenvalue weighted by atomic mass is 35.5. The number of rotatable bonds is 8. The van der Waals surface area contributed by atoms with Crippen LogP contribution in [0.4, 0.5) is 20.8 Å². The lowest BCUT2D eigenvalue weighted by atomic mass is 9.82. The standard InChI is InChI=1S/C35H42ClFN6O6S/c1-7-47-31(44)27-30(39-17-25(40-27)50-24-10-13-38-29(26(24)36)43-18-20(19-43)34(5,6)46)42-14-11-35(12-15-42)28(41-32(45)49-33(2,3)4)22-16-21(37)8-9-23(22)48-35/h8-10,13,16-17,20,28,46H,7,11-12,14-15,18-19H2,1-6H3,(H,41,45)/t28-/m1/s1. The van der Waals surface area contributed by atoms with E-state index in [9.17, 15) is 19.1 Å². The van der Waals surface area contributed by atoms with Gasteiger partial charge in [-0.25, -0.2) is 28.9 Å². The second kappa shape index (κ2) is 13.7. The van der Waals surface area contributed by atoms with Gasteiger partial charge in [0.25, 0.3) is 0 Å². The maximum atomic E-state index is 14.4. The number of ether oxygens (including phenoxy) is 3. The number of nitrogens with zero attached hydrogens (tertiary/aromatic N) is 5. The van der Waals surface area contributed by atoms with Crippen LogP contribution in [0.15, 0.2) is 46.6 Å². The maximum Gasteiger partial charge on any atom is 0.408 e. The van der Waals surface area contributed by atoms with Crippen LogP contribution in [0.5, 0.6) is 5.75 Å². The van der Waals surface area contributed by atoms with E-state index < -0.39 is 40.7 Å². The molecule has 50 heavy (non-hydrogen) atoms. The van der Waals surface area contributed by atoms with Gasteiger partial charge in [-0.15, -0.1) is 0 Å². The second-order valence-corrected chi connectivity index (χ2v) is 15.8. The number of nitrogens with one attached hydrogen (secondary N) is 1. The number of aliphatic hydroxyl groups is 1. The average molecular weight is 729 g/mol. The predicted octanol–water partition coefficient (Wildman–Crippen LogP) is 6.20. The number of pyridine rings is 1. The summed E-state index contributed by atoms with van der Waals surface area (Å²) in [6.45, 7) is 12.9. The molecule has 2 N–H and O–H groups in total. The monoisotopic (exact) mass is 728 g/mol. The normalized spacial score (nSPS) is 18.7. The Balaban J connectivity index is 1.22. The van der Waals surface area contributed by atoms with Crippen molar-refractivity contribution >= 4 is 47.1 Å². The van der Waals surface area contributed by atoms with Gasteiger partial charge >= 0.3 is 12.1 Å². The molecule has 0 saturated carbocycles. The number of halogens is 2. The SMILES string of the molecule is CCOC(=O)c1nc(Sc2ccnc(N3CC(C(C)(C)O)C3)c2Cl)cnc1N1CCC2(CC1)Oc1ccc(F)cc1[C@H]2NC(=O)OC(C)(C)C. The topological polar surface area (TPSA) is 139 Å². The number of benzene rings is 1. The molecule has 5 heterocycles. The molecule has 15 heteroatoms. The molecule has 3 aliphatic heterocycles. The first kappa shape index (κ1) is 35.9. The van der Waals surface area contributed by atoms with Crippen LogP contribution in [0, 0.1) is 11.7 Å². The zero-order valence-corrected chi connectivity index (χ0v) is 30.5. The number of alkyl carbamates (subject to hydrolysis) is 1. The van der Waals surface area contributed by atoms with Crippen molar-refractivity contribution in [3.63, 3.8) is 0 Å². The van der Waals surface area contributed by atoms with E-state index in [1.165, 1.54) is 23.9 Å². The van der Waals surface area contributed by atoms with Gasteiger partial charge in [0, 0.05) is 61.6 Å². The molecule has 2 aromatic heterocycles. The number of aromatic nitrogens is 3. The Bertz CT molecular complexity index is 1770. The first-order chi connectivity index (χ1) is 23.6. The summed E-state index contributed by atoms with van der Waals surface area (Å²) in [5.41, 5.74) is -1.79. The molecule has 1 spiro atoms. The van der Waals surface area contributed by atoms with Gasteiger partial charge in [-0.1, -0.05) is 23.4 Å². The molecular weight excluding hydrogens is 687 g/mol. The smallest absolute Gasteiger partial charge is 0.408 e. The Hall–Kier alpha value is -3.88. The van der Waals surface area contributed by atoms with E-state index in [1.807, 2.05) is 9.80 Å². The van der Waals surface area contributed by atoms with Crippen LogP contribution in [-0.2, 0) is 9.47 Å². The molecular formula is C35H42ClFN6O6S. The fraction of sp³-hybridized carbons (Fsp3) is 0.514. The Morgan fingerprint density at radius 1 is 1.12 bits per heavy atom. The summed E-state index contributed by atoms with van der Waals surface area (Å²) in [7, 11) is 0. The lowest BCUT2D eigenvalue weighted by Crippen LogP contribution is -2.56. The highest BCUT2D eigenvalue weighted by Gasteiger charge is 2.52. The number of carbonyl (C=O) groups excluding carboxylic acids is 2. The molecule has 3 aliphatic rings. The third-order valence-electron chi connectivity index (χ3n) is 9.12. The zero-order chi connectivity index (χ0) is 36.0. The number of piperidine rings is 1. The van der Waals surface area contributed by atoms with Gasteiger partial charge in [-0.2, -0.15) is 0 Å². The summed E-state index contributed by atoms with van der Waals surface area (Å²) in [4.78, 5) is 44.7. The zero-order valence-electron chi connectivity index (χ0n) is 29.0. The minimum atomic E-state index is -0.879. The quantitative estimate of drug-likeness (QED) is 0.256. The Morgan fingerprint density at radius 3 is 2.50 bits per heavy atom. The van der Waals surface area contributed by atoms with Gasteiger partial charge in [0.2, 0.25) is 0 Å². The van der Waals surface area contributed by atoms with Crippen molar-refractivity contribution < 1.29 is 33.3 Å². The fourth-order valence-corrected chi connectivity index (χ4v) is 7.56. The Labute approximate surface area is 300 Å².